The summed E-state index contributed by atoms with van der Waals surface area (Å²) in [5.74, 6) is 0.0218. The molecule has 2 N–H and O–H groups in total. The second-order valence-electron chi connectivity index (χ2n) is 3.62. The lowest BCUT2D eigenvalue weighted by Crippen LogP contribution is -2.25. The minimum atomic E-state index is 0.0218. The Bertz CT molecular complexity index is 137. The van der Waals surface area contributed by atoms with Gasteiger partial charge in [0.05, 0.1) is 0 Å². The van der Waals surface area contributed by atoms with Crippen LogP contribution in [-0.2, 0) is 4.79 Å². The molecule has 0 aromatic rings. The third kappa shape index (κ3) is 9.52. The van der Waals surface area contributed by atoms with Crippen molar-refractivity contribution >= 4 is 5.91 Å². The van der Waals surface area contributed by atoms with Gasteiger partial charge in [0.1, 0.15) is 0 Å². The molecule has 0 fully saturated rings. The second kappa shape index (κ2) is 10.5. The highest BCUT2D eigenvalue weighted by Gasteiger charge is 1.97. The Morgan fingerprint density at radius 3 is 2.43 bits per heavy atom. The Labute approximate surface area is 87.4 Å². The number of unbranched alkanes of at least 4 members (excludes halogenated alkanes) is 5. The number of rotatable bonds is 9. The van der Waals surface area contributed by atoms with Crippen LogP contribution < -0.4 is 11.1 Å². The maximum atomic E-state index is 10.9. The predicted octanol–water partition coefficient (Wildman–Crippen LogP) is 2.14. The molecule has 0 aromatic carbocycles. The lowest BCUT2D eigenvalue weighted by atomic mass is 10.1. The van der Waals surface area contributed by atoms with Crippen LogP contribution in [0.1, 0.15) is 51.9 Å². The maximum Gasteiger partial charge on any atom is 0.221 e. The number of hydrogen-bond donors (Lipinski definition) is 1. The van der Waals surface area contributed by atoms with Gasteiger partial charge < -0.3 is 5.32 Å². The molecule has 1 radical (unpaired) electrons. The average Bonchev–Trinajstić information content (AvgIpc) is 2.17. The van der Waals surface area contributed by atoms with E-state index in [1.54, 1.807) is 0 Å². The first-order valence-electron chi connectivity index (χ1n) is 5.72. The van der Waals surface area contributed by atoms with Crippen LogP contribution in [0.3, 0.4) is 0 Å². The van der Waals surface area contributed by atoms with E-state index in [4.69, 9.17) is 5.73 Å². The molecule has 0 rings (SSSR count). The monoisotopic (exact) mass is 199 g/mol. The molecule has 0 atom stereocenters. The molecule has 0 aliphatic rings. The molecule has 3 heteroatoms. The lowest BCUT2D eigenvalue weighted by molar-refractivity contribution is -0.120. The van der Waals surface area contributed by atoms with Crippen molar-refractivity contribution < 1.29 is 4.79 Å². The largest absolute Gasteiger partial charge is 0.356 e. The van der Waals surface area contributed by atoms with Gasteiger partial charge >= 0.3 is 0 Å². The molecular formula is C11H23N2O. The van der Waals surface area contributed by atoms with Crippen molar-refractivity contribution in [1.82, 2.24) is 11.1 Å². The molecule has 0 aliphatic heterocycles. The number of amides is 1. The Morgan fingerprint density at radius 2 is 1.79 bits per heavy atom. The Hall–Kier alpha value is -0.570. The smallest absolute Gasteiger partial charge is 0.221 e. The zero-order chi connectivity index (χ0) is 10.6. The molecule has 0 aliphatic carbocycles. The van der Waals surface area contributed by atoms with Gasteiger partial charge in [-0.05, 0) is 6.42 Å². The molecule has 0 heterocycles. The molecule has 83 valence electrons. The lowest BCUT2D eigenvalue weighted by Gasteiger charge is -2.03. The summed E-state index contributed by atoms with van der Waals surface area (Å²) in [5, 5.41) is 2.82. The summed E-state index contributed by atoms with van der Waals surface area (Å²) >= 11 is 0. The van der Waals surface area contributed by atoms with Gasteiger partial charge in [0.15, 0.2) is 0 Å². The molecular weight excluding hydrogens is 176 g/mol. The first-order chi connectivity index (χ1) is 6.81. The van der Waals surface area contributed by atoms with Crippen molar-refractivity contribution in [2.45, 2.75) is 51.9 Å². The van der Waals surface area contributed by atoms with E-state index in [9.17, 15) is 4.79 Å². The zero-order valence-corrected chi connectivity index (χ0v) is 9.27. The summed E-state index contributed by atoms with van der Waals surface area (Å²) in [6.45, 7) is 3.19. The van der Waals surface area contributed by atoms with Gasteiger partial charge in [0.2, 0.25) is 5.91 Å². The van der Waals surface area contributed by atoms with Crippen molar-refractivity contribution in [3.05, 3.63) is 0 Å². The first-order valence-corrected chi connectivity index (χ1v) is 5.72. The van der Waals surface area contributed by atoms with Gasteiger partial charge in [-0.1, -0.05) is 39.0 Å². The van der Waals surface area contributed by atoms with E-state index in [0.717, 1.165) is 13.0 Å². The molecule has 0 unspecified atom stereocenters. The predicted molar refractivity (Wildman–Crippen MR) is 59.0 cm³/mol. The van der Waals surface area contributed by atoms with Crippen LogP contribution in [0.2, 0.25) is 0 Å². The van der Waals surface area contributed by atoms with Gasteiger partial charge in [0, 0.05) is 19.5 Å². The van der Waals surface area contributed by atoms with Gasteiger partial charge in [0.25, 0.3) is 0 Å². The van der Waals surface area contributed by atoms with Crippen LogP contribution in [0.15, 0.2) is 0 Å². The van der Waals surface area contributed by atoms with Crippen molar-refractivity contribution in [2.24, 2.45) is 0 Å². The third-order valence-corrected chi connectivity index (χ3v) is 2.20. The summed E-state index contributed by atoms with van der Waals surface area (Å²) < 4.78 is 0. The molecule has 0 saturated heterocycles. The SMILES string of the molecule is CCCCCCCCNC(=O)CC[NH]. The van der Waals surface area contributed by atoms with Gasteiger partial charge in [-0.15, -0.1) is 0 Å². The minimum Gasteiger partial charge on any atom is -0.356 e. The molecule has 0 bridgehead atoms. The topological polar surface area (TPSA) is 52.9 Å². The van der Waals surface area contributed by atoms with Crippen LogP contribution in [0.25, 0.3) is 0 Å². The normalized spacial score (nSPS) is 10.1. The first kappa shape index (κ1) is 13.4. The molecule has 3 nitrogen and oxygen atoms in total. The van der Waals surface area contributed by atoms with Crippen LogP contribution in [0, 0.1) is 0 Å². The average molecular weight is 199 g/mol. The van der Waals surface area contributed by atoms with Gasteiger partial charge in [-0.2, -0.15) is 0 Å². The highest BCUT2D eigenvalue weighted by Crippen LogP contribution is 2.03. The van der Waals surface area contributed by atoms with Crippen LogP contribution in [-0.4, -0.2) is 19.0 Å². The fourth-order valence-electron chi connectivity index (χ4n) is 1.34. The number of nitrogens with one attached hydrogen (secondary N) is 2. The van der Waals surface area contributed by atoms with Gasteiger partial charge in [-0.3, -0.25) is 10.5 Å². The van der Waals surface area contributed by atoms with Gasteiger partial charge in [-0.25, -0.2) is 0 Å². The summed E-state index contributed by atoms with van der Waals surface area (Å²) in [6.07, 6.45) is 7.83. The summed E-state index contributed by atoms with van der Waals surface area (Å²) in [6, 6.07) is 0. The number of hydrogen-bond acceptors (Lipinski definition) is 1. The molecule has 0 saturated carbocycles. The van der Waals surface area contributed by atoms with Crippen molar-refractivity contribution in [2.75, 3.05) is 13.1 Å². The van der Waals surface area contributed by atoms with Crippen LogP contribution in [0.5, 0.6) is 0 Å². The van der Waals surface area contributed by atoms with E-state index in [2.05, 4.69) is 12.2 Å². The van der Waals surface area contributed by atoms with Crippen molar-refractivity contribution in [3.8, 4) is 0 Å². The fourth-order valence-corrected chi connectivity index (χ4v) is 1.34. The van der Waals surface area contributed by atoms with Crippen LogP contribution in [0.4, 0.5) is 0 Å². The van der Waals surface area contributed by atoms with Crippen molar-refractivity contribution in [3.63, 3.8) is 0 Å². The van der Waals surface area contributed by atoms with E-state index < -0.39 is 0 Å². The molecule has 0 spiro atoms. The summed E-state index contributed by atoms with van der Waals surface area (Å²) in [4.78, 5) is 10.9. The third-order valence-electron chi connectivity index (χ3n) is 2.20. The van der Waals surface area contributed by atoms with Crippen molar-refractivity contribution in [1.29, 1.82) is 0 Å². The molecule has 14 heavy (non-hydrogen) atoms. The van der Waals surface area contributed by atoms with E-state index in [1.807, 2.05) is 0 Å². The Kier molecular flexibility index (Phi) is 10.1. The maximum absolute atomic E-state index is 10.9. The van der Waals surface area contributed by atoms with E-state index in [-0.39, 0.29) is 12.5 Å². The van der Waals surface area contributed by atoms with Crippen LogP contribution >= 0.6 is 0 Å². The highest BCUT2D eigenvalue weighted by atomic mass is 16.1. The number of carbonyl (C=O) groups excluding carboxylic acids is 1. The standard InChI is InChI=1S/C11H23N2O/c1-2-3-4-5-6-7-10-13-11(14)8-9-12/h12H,2-10H2,1H3,(H,13,14). The summed E-state index contributed by atoms with van der Waals surface area (Å²) in [5.41, 5.74) is 6.86. The second-order valence-corrected chi connectivity index (χ2v) is 3.62. The number of carbonyl (C=O) groups is 1. The van der Waals surface area contributed by atoms with E-state index >= 15 is 0 Å². The van der Waals surface area contributed by atoms with E-state index in [0.29, 0.717) is 6.42 Å². The molecule has 0 aromatic heterocycles. The highest BCUT2D eigenvalue weighted by molar-refractivity contribution is 5.75. The fraction of sp³-hybridized carbons (Fsp3) is 0.909. The molecule has 1 amide bonds. The minimum absolute atomic E-state index is 0.0218. The van der Waals surface area contributed by atoms with E-state index in [1.165, 1.54) is 32.1 Å². The Balaban J connectivity index is 3.01. The zero-order valence-electron chi connectivity index (χ0n) is 9.27. The quantitative estimate of drug-likeness (QED) is 0.568. The summed E-state index contributed by atoms with van der Waals surface area (Å²) in [7, 11) is 0. The Morgan fingerprint density at radius 1 is 1.14 bits per heavy atom.